The second-order valence-electron chi connectivity index (χ2n) is 7.34. The van der Waals surface area contributed by atoms with Crippen LogP contribution in [0.2, 0.25) is 0 Å². The molecule has 1 heterocycles. The molecule has 0 radical (unpaired) electrons. The molecule has 0 unspecified atom stereocenters. The molecule has 0 atom stereocenters. The zero-order valence-electron chi connectivity index (χ0n) is 13.3. The number of nitrogens with one attached hydrogen (secondary N) is 1. The van der Waals surface area contributed by atoms with E-state index in [9.17, 15) is 4.79 Å². The lowest BCUT2D eigenvalue weighted by Gasteiger charge is -2.40. The van der Waals surface area contributed by atoms with E-state index < -0.39 is 5.41 Å². The molecule has 0 aromatic rings. The van der Waals surface area contributed by atoms with Crippen molar-refractivity contribution >= 4 is 5.91 Å². The Bertz CT molecular complexity index is 305. The molecule has 1 aliphatic rings. The van der Waals surface area contributed by atoms with Gasteiger partial charge in [-0.25, -0.2) is 0 Å². The van der Waals surface area contributed by atoms with E-state index in [1.165, 1.54) is 12.8 Å². The molecule has 0 aliphatic carbocycles. The highest BCUT2D eigenvalue weighted by molar-refractivity contribution is 5.82. The number of piperidine rings is 1. The lowest BCUT2D eigenvalue weighted by molar-refractivity contribution is -0.129. The highest BCUT2D eigenvalue weighted by atomic mass is 16.2. The highest BCUT2D eigenvalue weighted by Crippen LogP contribution is 2.34. The summed E-state index contributed by atoms with van der Waals surface area (Å²) in [5.41, 5.74) is 5.32. The Hall–Kier alpha value is -0.610. The lowest BCUT2D eigenvalue weighted by Crippen LogP contribution is -2.47. The Morgan fingerprint density at radius 3 is 2.26 bits per heavy atom. The molecule has 1 fully saturated rings. The van der Waals surface area contributed by atoms with Crippen LogP contribution in [0, 0.1) is 16.7 Å². The maximum atomic E-state index is 12.1. The van der Waals surface area contributed by atoms with Crippen molar-refractivity contribution in [2.45, 2.75) is 40.5 Å². The SMILES string of the molecule is CN1CCC(C(C)(C)CNC(=O)C(C)(C)CN)CC1. The Kier molecular flexibility index (Phi) is 5.39. The number of nitrogens with zero attached hydrogens (tertiary/aromatic N) is 1. The predicted molar refractivity (Wildman–Crippen MR) is 79.8 cm³/mol. The van der Waals surface area contributed by atoms with Crippen LogP contribution in [0.4, 0.5) is 0 Å². The van der Waals surface area contributed by atoms with Gasteiger partial charge in [-0.3, -0.25) is 4.79 Å². The van der Waals surface area contributed by atoms with Gasteiger partial charge >= 0.3 is 0 Å². The van der Waals surface area contributed by atoms with Crippen LogP contribution in [0.1, 0.15) is 40.5 Å². The summed E-state index contributed by atoms with van der Waals surface area (Å²) in [6.07, 6.45) is 2.44. The molecular formula is C15H31N3O. The average molecular weight is 269 g/mol. The van der Waals surface area contributed by atoms with Gasteiger partial charge in [0.2, 0.25) is 5.91 Å². The third kappa shape index (κ3) is 4.46. The quantitative estimate of drug-likeness (QED) is 0.794. The van der Waals surface area contributed by atoms with E-state index in [1.54, 1.807) is 0 Å². The number of carbonyl (C=O) groups is 1. The van der Waals surface area contributed by atoms with E-state index in [0.29, 0.717) is 12.5 Å². The molecular weight excluding hydrogens is 238 g/mol. The number of nitrogens with two attached hydrogens (primary N) is 1. The molecule has 1 amide bonds. The van der Waals surface area contributed by atoms with Crippen molar-refractivity contribution in [1.29, 1.82) is 0 Å². The lowest BCUT2D eigenvalue weighted by atomic mass is 9.73. The highest BCUT2D eigenvalue weighted by Gasteiger charge is 2.33. The second-order valence-corrected chi connectivity index (χ2v) is 7.34. The number of amides is 1. The average Bonchev–Trinajstić information content (AvgIpc) is 2.36. The fourth-order valence-electron chi connectivity index (χ4n) is 2.57. The Labute approximate surface area is 118 Å². The van der Waals surface area contributed by atoms with Crippen LogP contribution in [-0.2, 0) is 4.79 Å². The van der Waals surface area contributed by atoms with Gasteiger partial charge in [-0.05, 0) is 58.2 Å². The summed E-state index contributed by atoms with van der Waals surface area (Å²) in [5.74, 6) is 0.751. The van der Waals surface area contributed by atoms with E-state index in [1.807, 2.05) is 13.8 Å². The van der Waals surface area contributed by atoms with Crippen LogP contribution in [0.15, 0.2) is 0 Å². The number of hydrogen-bond donors (Lipinski definition) is 2. The summed E-state index contributed by atoms with van der Waals surface area (Å²) < 4.78 is 0. The number of rotatable bonds is 5. The monoisotopic (exact) mass is 269 g/mol. The van der Waals surface area contributed by atoms with Crippen LogP contribution >= 0.6 is 0 Å². The molecule has 1 rings (SSSR count). The molecule has 4 heteroatoms. The fraction of sp³-hybridized carbons (Fsp3) is 0.933. The minimum atomic E-state index is -0.469. The molecule has 0 aromatic carbocycles. The van der Waals surface area contributed by atoms with Crippen molar-refractivity contribution in [1.82, 2.24) is 10.2 Å². The topological polar surface area (TPSA) is 58.4 Å². The maximum Gasteiger partial charge on any atom is 0.226 e. The minimum absolute atomic E-state index is 0.0657. The predicted octanol–water partition coefficient (Wildman–Crippen LogP) is 1.46. The summed E-state index contributed by atoms with van der Waals surface area (Å²) in [5, 5.41) is 3.09. The van der Waals surface area contributed by atoms with Crippen molar-refractivity contribution in [3.05, 3.63) is 0 Å². The third-order valence-corrected chi connectivity index (χ3v) is 4.65. The van der Waals surface area contributed by atoms with E-state index in [2.05, 4.69) is 31.1 Å². The number of carbonyl (C=O) groups excluding carboxylic acids is 1. The van der Waals surface area contributed by atoms with E-state index in [4.69, 9.17) is 5.73 Å². The smallest absolute Gasteiger partial charge is 0.226 e. The Balaban J connectivity index is 2.49. The summed E-state index contributed by atoms with van der Waals surface area (Å²) in [6.45, 7) is 11.8. The molecule has 0 aromatic heterocycles. The van der Waals surface area contributed by atoms with E-state index in [-0.39, 0.29) is 11.3 Å². The largest absolute Gasteiger partial charge is 0.355 e. The van der Waals surface area contributed by atoms with Crippen molar-refractivity contribution in [3.63, 3.8) is 0 Å². The van der Waals surface area contributed by atoms with Gasteiger partial charge in [0.1, 0.15) is 0 Å². The van der Waals surface area contributed by atoms with E-state index in [0.717, 1.165) is 19.6 Å². The van der Waals surface area contributed by atoms with Gasteiger partial charge in [0.05, 0.1) is 5.41 Å². The third-order valence-electron chi connectivity index (χ3n) is 4.65. The molecule has 112 valence electrons. The first-order valence-electron chi connectivity index (χ1n) is 7.36. The van der Waals surface area contributed by atoms with Gasteiger partial charge in [0, 0.05) is 13.1 Å². The van der Waals surface area contributed by atoms with Gasteiger partial charge in [-0.2, -0.15) is 0 Å². The molecule has 0 saturated carbocycles. The summed E-state index contributed by atoms with van der Waals surface area (Å²) in [6, 6.07) is 0. The van der Waals surface area contributed by atoms with Crippen LogP contribution in [-0.4, -0.2) is 44.0 Å². The summed E-state index contributed by atoms with van der Waals surface area (Å²) in [7, 11) is 2.18. The first-order valence-corrected chi connectivity index (χ1v) is 7.36. The van der Waals surface area contributed by atoms with Gasteiger partial charge in [-0.15, -0.1) is 0 Å². The molecule has 19 heavy (non-hydrogen) atoms. The van der Waals surface area contributed by atoms with Crippen molar-refractivity contribution in [3.8, 4) is 0 Å². The zero-order valence-corrected chi connectivity index (χ0v) is 13.3. The minimum Gasteiger partial charge on any atom is -0.355 e. The first-order chi connectivity index (χ1) is 8.69. The number of likely N-dealkylation sites (tertiary alicyclic amines) is 1. The molecule has 1 saturated heterocycles. The second kappa shape index (κ2) is 6.23. The summed E-state index contributed by atoms with van der Waals surface area (Å²) in [4.78, 5) is 14.5. The van der Waals surface area contributed by atoms with Crippen molar-refractivity contribution < 1.29 is 4.79 Å². The number of hydrogen-bond acceptors (Lipinski definition) is 3. The molecule has 4 nitrogen and oxygen atoms in total. The standard InChI is InChI=1S/C15H31N3O/c1-14(2,10-16)13(19)17-11-15(3,4)12-6-8-18(5)9-7-12/h12H,6-11,16H2,1-5H3,(H,17,19). The Morgan fingerprint density at radius 2 is 1.79 bits per heavy atom. The molecule has 3 N–H and O–H groups in total. The van der Waals surface area contributed by atoms with E-state index >= 15 is 0 Å². The van der Waals surface area contributed by atoms with Crippen molar-refractivity contribution in [2.75, 3.05) is 33.2 Å². The van der Waals surface area contributed by atoms with Crippen LogP contribution in [0.3, 0.4) is 0 Å². The molecule has 0 spiro atoms. The van der Waals surface area contributed by atoms with Gasteiger partial charge in [-0.1, -0.05) is 13.8 Å². The molecule has 0 bridgehead atoms. The van der Waals surface area contributed by atoms with Crippen molar-refractivity contribution in [2.24, 2.45) is 22.5 Å². The van der Waals surface area contributed by atoms with Crippen LogP contribution < -0.4 is 11.1 Å². The fourth-order valence-corrected chi connectivity index (χ4v) is 2.57. The maximum absolute atomic E-state index is 12.1. The zero-order chi connectivity index (χ0) is 14.7. The van der Waals surface area contributed by atoms with Gasteiger partial charge < -0.3 is 16.0 Å². The van der Waals surface area contributed by atoms with Crippen LogP contribution in [0.25, 0.3) is 0 Å². The van der Waals surface area contributed by atoms with Gasteiger partial charge in [0.15, 0.2) is 0 Å². The Morgan fingerprint density at radius 1 is 1.26 bits per heavy atom. The van der Waals surface area contributed by atoms with Crippen LogP contribution in [0.5, 0.6) is 0 Å². The normalized spacial score (nSPS) is 19.5. The first kappa shape index (κ1) is 16.4. The van der Waals surface area contributed by atoms with Gasteiger partial charge in [0.25, 0.3) is 0 Å². The summed E-state index contributed by atoms with van der Waals surface area (Å²) >= 11 is 0. The molecule has 1 aliphatic heterocycles.